The molecule has 0 aliphatic heterocycles. The van der Waals surface area contributed by atoms with Gasteiger partial charge in [-0.25, -0.2) is 4.98 Å². The predicted molar refractivity (Wildman–Crippen MR) is 48.6 cm³/mol. The van der Waals surface area contributed by atoms with E-state index >= 15 is 0 Å². The Hall–Kier alpha value is -1.16. The maximum Gasteiger partial charge on any atom is 0.170 e. The van der Waals surface area contributed by atoms with Gasteiger partial charge in [-0.3, -0.25) is 4.79 Å². The number of aryl methyl sites for hydroxylation is 1. The highest BCUT2D eigenvalue weighted by atomic mass is 16.5. The van der Waals surface area contributed by atoms with Crippen molar-refractivity contribution in [1.82, 2.24) is 9.55 Å². The topological polar surface area (TPSA) is 44.1 Å². The first-order valence-electron chi connectivity index (χ1n) is 4.34. The maximum atomic E-state index is 10.4. The summed E-state index contributed by atoms with van der Waals surface area (Å²) < 4.78 is 7.13. The Morgan fingerprint density at radius 1 is 1.69 bits per heavy atom. The quantitative estimate of drug-likeness (QED) is 0.510. The highest BCUT2D eigenvalue weighted by Crippen LogP contribution is 2.00. The first-order valence-corrected chi connectivity index (χ1v) is 4.34. The van der Waals surface area contributed by atoms with Crippen LogP contribution in [0.3, 0.4) is 0 Å². The molecule has 13 heavy (non-hydrogen) atoms. The lowest BCUT2D eigenvalue weighted by molar-refractivity contribution is 0.0761. The Morgan fingerprint density at radius 3 is 3.00 bits per heavy atom. The average Bonchev–Trinajstić information content (AvgIpc) is 2.48. The number of imidazole rings is 1. The lowest BCUT2D eigenvalue weighted by Crippen LogP contribution is -2.03. The van der Waals surface area contributed by atoms with Gasteiger partial charge in [-0.1, -0.05) is 6.92 Å². The second kappa shape index (κ2) is 4.77. The van der Waals surface area contributed by atoms with E-state index in [1.807, 2.05) is 11.5 Å². The molecule has 0 bridgehead atoms. The largest absolute Gasteiger partial charge is 0.361 e. The van der Waals surface area contributed by atoms with Crippen LogP contribution in [0, 0.1) is 6.92 Å². The molecule has 4 heteroatoms. The summed E-state index contributed by atoms with van der Waals surface area (Å²) in [6.45, 7) is 5.11. The van der Waals surface area contributed by atoms with Crippen molar-refractivity contribution in [3.63, 3.8) is 0 Å². The maximum absolute atomic E-state index is 10.4. The molecule has 0 N–H and O–H groups in total. The molecule has 1 heterocycles. The number of carbonyl (C=O) groups excluding carboxylic acids is 1. The fraction of sp³-hybridized carbons (Fsp3) is 0.556. The van der Waals surface area contributed by atoms with Gasteiger partial charge >= 0.3 is 0 Å². The summed E-state index contributed by atoms with van der Waals surface area (Å²) in [4.78, 5) is 14.4. The zero-order chi connectivity index (χ0) is 9.68. The van der Waals surface area contributed by atoms with Crippen molar-refractivity contribution in [2.24, 2.45) is 0 Å². The van der Waals surface area contributed by atoms with E-state index < -0.39 is 0 Å². The number of ether oxygens (including phenoxy) is 1. The normalized spacial score (nSPS) is 10.3. The van der Waals surface area contributed by atoms with Crippen molar-refractivity contribution >= 4 is 6.29 Å². The van der Waals surface area contributed by atoms with Crippen molar-refractivity contribution in [3.05, 3.63) is 17.7 Å². The van der Waals surface area contributed by atoms with E-state index in [9.17, 15) is 4.79 Å². The summed E-state index contributed by atoms with van der Waals surface area (Å²) in [5.41, 5.74) is 0.456. The standard InChI is InChI=1S/C9H14N2O2/c1-3-4-13-7-11-5-9(6-12)10-8(11)2/h5-6H,3-4,7H2,1-2H3. The lowest BCUT2D eigenvalue weighted by Gasteiger charge is -2.04. The number of hydrogen-bond acceptors (Lipinski definition) is 3. The van der Waals surface area contributed by atoms with Gasteiger partial charge < -0.3 is 9.30 Å². The molecule has 0 atom stereocenters. The van der Waals surface area contributed by atoms with Gasteiger partial charge in [0.2, 0.25) is 0 Å². The first kappa shape index (κ1) is 9.92. The second-order valence-electron chi connectivity index (χ2n) is 2.84. The number of hydrogen-bond donors (Lipinski definition) is 0. The summed E-state index contributed by atoms with van der Waals surface area (Å²) in [5.74, 6) is 0.804. The highest BCUT2D eigenvalue weighted by Gasteiger charge is 2.01. The van der Waals surface area contributed by atoms with Gasteiger partial charge in [0.25, 0.3) is 0 Å². The van der Waals surface area contributed by atoms with E-state index in [4.69, 9.17) is 4.74 Å². The van der Waals surface area contributed by atoms with Crippen molar-refractivity contribution in [1.29, 1.82) is 0 Å². The van der Waals surface area contributed by atoms with Crippen LogP contribution in [0.5, 0.6) is 0 Å². The molecule has 1 aromatic heterocycles. The van der Waals surface area contributed by atoms with Crippen molar-refractivity contribution in [3.8, 4) is 0 Å². The van der Waals surface area contributed by atoms with Gasteiger partial charge in [0.15, 0.2) is 6.29 Å². The van der Waals surface area contributed by atoms with Crippen LogP contribution in [0.4, 0.5) is 0 Å². The molecule has 0 fully saturated rings. The third-order valence-corrected chi connectivity index (χ3v) is 1.69. The third kappa shape index (κ3) is 2.66. The van der Waals surface area contributed by atoms with Crippen LogP contribution in [0.15, 0.2) is 6.20 Å². The van der Waals surface area contributed by atoms with E-state index in [1.165, 1.54) is 0 Å². The Bertz CT molecular complexity index is 281. The summed E-state index contributed by atoms with van der Waals surface area (Å²) in [7, 11) is 0. The van der Waals surface area contributed by atoms with Crippen LogP contribution in [-0.4, -0.2) is 22.4 Å². The third-order valence-electron chi connectivity index (χ3n) is 1.69. The minimum absolute atomic E-state index is 0.456. The number of nitrogens with zero attached hydrogens (tertiary/aromatic N) is 2. The smallest absolute Gasteiger partial charge is 0.170 e. The van der Waals surface area contributed by atoms with E-state index in [2.05, 4.69) is 11.9 Å². The average molecular weight is 182 g/mol. The fourth-order valence-corrected chi connectivity index (χ4v) is 1.03. The number of aromatic nitrogens is 2. The molecule has 0 spiro atoms. The summed E-state index contributed by atoms with van der Waals surface area (Å²) >= 11 is 0. The van der Waals surface area contributed by atoms with Crippen molar-refractivity contribution in [2.45, 2.75) is 27.0 Å². The Balaban J connectivity index is 2.55. The monoisotopic (exact) mass is 182 g/mol. The van der Waals surface area contributed by atoms with E-state index in [0.717, 1.165) is 25.1 Å². The van der Waals surface area contributed by atoms with Gasteiger partial charge in [0.1, 0.15) is 18.2 Å². The summed E-state index contributed by atoms with van der Waals surface area (Å²) in [6, 6.07) is 0. The predicted octanol–water partition coefficient (Wildman–Crippen LogP) is 1.39. The van der Waals surface area contributed by atoms with E-state index in [1.54, 1.807) is 6.20 Å². The molecule has 0 saturated carbocycles. The van der Waals surface area contributed by atoms with Crippen LogP contribution in [0.25, 0.3) is 0 Å². The molecule has 0 aliphatic rings. The van der Waals surface area contributed by atoms with Gasteiger partial charge in [0.05, 0.1) is 0 Å². The molecule has 1 rings (SSSR count). The molecule has 0 radical (unpaired) electrons. The minimum Gasteiger partial charge on any atom is -0.361 e. The van der Waals surface area contributed by atoms with Crippen LogP contribution in [0.2, 0.25) is 0 Å². The molecule has 72 valence electrons. The highest BCUT2D eigenvalue weighted by molar-refractivity contribution is 5.71. The number of aldehydes is 1. The Morgan fingerprint density at radius 2 is 2.46 bits per heavy atom. The van der Waals surface area contributed by atoms with Crippen molar-refractivity contribution < 1.29 is 9.53 Å². The van der Waals surface area contributed by atoms with Gasteiger partial charge in [-0.2, -0.15) is 0 Å². The van der Waals surface area contributed by atoms with E-state index in [0.29, 0.717) is 12.4 Å². The first-order chi connectivity index (χ1) is 6.27. The summed E-state index contributed by atoms with van der Waals surface area (Å²) in [6.07, 6.45) is 3.43. The second-order valence-corrected chi connectivity index (χ2v) is 2.84. The van der Waals surface area contributed by atoms with Crippen LogP contribution in [0.1, 0.15) is 29.7 Å². The van der Waals surface area contributed by atoms with Gasteiger partial charge in [0, 0.05) is 12.8 Å². The zero-order valence-corrected chi connectivity index (χ0v) is 7.99. The van der Waals surface area contributed by atoms with E-state index in [-0.39, 0.29) is 0 Å². The Kier molecular flexibility index (Phi) is 3.64. The molecule has 0 aliphatic carbocycles. The van der Waals surface area contributed by atoms with Crippen LogP contribution in [-0.2, 0) is 11.5 Å². The number of rotatable bonds is 5. The molecular weight excluding hydrogens is 168 g/mol. The SMILES string of the molecule is CCCOCn1cc(C=O)nc1C. The molecule has 0 unspecified atom stereocenters. The van der Waals surface area contributed by atoms with Crippen LogP contribution >= 0.6 is 0 Å². The minimum atomic E-state index is 0.456. The summed E-state index contributed by atoms with van der Waals surface area (Å²) in [5, 5.41) is 0. The molecular formula is C9H14N2O2. The van der Waals surface area contributed by atoms with Gasteiger partial charge in [-0.15, -0.1) is 0 Å². The Labute approximate surface area is 77.5 Å². The number of carbonyl (C=O) groups is 1. The molecule has 4 nitrogen and oxygen atoms in total. The van der Waals surface area contributed by atoms with Gasteiger partial charge in [-0.05, 0) is 13.3 Å². The van der Waals surface area contributed by atoms with Crippen LogP contribution < -0.4 is 0 Å². The molecule has 1 aromatic rings. The zero-order valence-electron chi connectivity index (χ0n) is 7.99. The molecule has 0 amide bonds. The fourth-order valence-electron chi connectivity index (χ4n) is 1.03. The molecule has 0 saturated heterocycles. The van der Waals surface area contributed by atoms with Crippen molar-refractivity contribution in [2.75, 3.05) is 6.61 Å². The lowest BCUT2D eigenvalue weighted by atomic mass is 10.5. The molecule has 0 aromatic carbocycles.